The van der Waals surface area contributed by atoms with E-state index in [1.54, 1.807) is 4.90 Å². The van der Waals surface area contributed by atoms with Gasteiger partial charge in [-0.1, -0.05) is 0 Å². The average Bonchev–Trinajstić information content (AvgIpc) is 3.09. The zero-order chi connectivity index (χ0) is 19.1. The topological polar surface area (TPSA) is 97.3 Å². The Balaban J connectivity index is 1.56. The Morgan fingerprint density at radius 1 is 1.31 bits per heavy atom. The Kier molecular flexibility index (Phi) is 4.74. The Morgan fingerprint density at radius 3 is 2.65 bits per heavy atom. The quantitative estimate of drug-likeness (QED) is 0.811. The van der Waals surface area contributed by atoms with Crippen LogP contribution >= 0.6 is 0 Å². The van der Waals surface area contributed by atoms with Crippen LogP contribution in [-0.4, -0.2) is 62.1 Å². The highest BCUT2D eigenvalue weighted by Crippen LogP contribution is 2.29. The van der Waals surface area contributed by atoms with Crippen molar-refractivity contribution in [1.82, 2.24) is 24.6 Å². The molecule has 0 fully saturated rings. The lowest BCUT2D eigenvalue weighted by Crippen LogP contribution is -2.45. The number of amides is 2. The van der Waals surface area contributed by atoms with Crippen LogP contribution in [0.25, 0.3) is 0 Å². The van der Waals surface area contributed by atoms with E-state index in [9.17, 15) is 22.8 Å². The third-order valence-corrected chi connectivity index (χ3v) is 4.37. The van der Waals surface area contributed by atoms with E-state index >= 15 is 0 Å². The number of hydrogen-bond donors (Lipinski definition) is 1. The Labute approximate surface area is 147 Å². The summed E-state index contributed by atoms with van der Waals surface area (Å²) >= 11 is 0. The first-order chi connectivity index (χ1) is 12.1. The molecule has 8 nitrogen and oxygen atoms in total. The molecule has 142 valence electrons. The minimum absolute atomic E-state index is 0.00307. The van der Waals surface area contributed by atoms with Crippen molar-refractivity contribution in [2.45, 2.75) is 38.7 Å². The molecule has 0 spiro atoms. The fourth-order valence-electron chi connectivity index (χ4n) is 3.16. The molecule has 0 aromatic carbocycles. The van der Waals surface area contributed by atoms with Crippen molar-refractivity contribution in [3.05, 3.63) is 23.3 Å². The van der Waals surface area contributed by atoms with E-state index in [1.807, 2.05) is 6.92 Å². The maximum absolute atomic E-state index is 12.8. The van der Waals surface area contributed by atoms with Gasteiger partial charge in [-0.2, -0.15) is 13.2 Å². The van der Waals surface area contributed by atoms with Crippen LogP contribution in [0.1, 0.15) is 25.0 Å². The van der Waals surface area contributed by atoms with Gasteiger partial charge >= 0.3 is 6.18 Å². The lowest BCUT2D eigenvalue weighted by molar-refractivity contribution is -0.148. The highest BCUT2D eigenvalue weighted by atomic mass is 19.4. The second kappa shape index (κ2) is 6.71. The first-order valence-corrected chi connectivity index (χ1v) is 8.14. The van der Waals surface area contributed by atoms with Crippen LogP contribution in [0.4, 0.5) is 13.2 Å². The van der Waals surface area contributed by atoms with Crippen molar-refractivity contribution in [2.75, 3.05) is 19.6 Å². The number of hydrogen-bond acceptors (Lipinski definition) is 5. The minimum Gasteiger partial charge on any atom is -0.334 e. The summed E-state index contributed by atoms with van der Waals surface area (Å²) in [5, 5.41) is 6.73. The average molecular weight is 372 g/mol. The van der Waals surface area contributed by atoms with Crippen molar-refractivity contribution < 1.29 is 22.8 Å². The summed E-state index contributed by atoms with van der Waals surface area (Å²) in [6, 6.07) is -0.545. The number of nitrogens with zero attached hydrogens (tertiary/aromatic N) is 5. The predicted octanol–water partition coefficient (Wildman–Crippen LogP) is 0.145. The first kappa shape index (κ1) is 18.4. The Bertz CT molecular complexity index is 757. The molecule has 26 heavy (non-hydrogen) atoms. The van der Waals surface area contributed by atoms with E-state index in [2.05, 4.69) is 10.2 Å². The summed E-state index contributed by atoms with van der Waals surface area (Å²) in [5.74, 6) is -1.36. The van der Waals surface area contributed by atoms with Gasteiger partial charge in [0, 0.05) is 44.7 Å². The number of carbonyl (C=O) groups is 2. The van der Waals surface area contributed by atoms with Gasteiger partial charge in [-0.05, 0) is 12.5 Å². The van der Waals surface area contributed by atoms with Gasteiger partial charge in [0.05, 0.1) is 6.54 Å². The Hall–Kier alpha value is -2.43. The molecule has 2 N–H and O–H groups in total. The van der Waals surface area contributed by atoms with Crippen LogP contribution in [0.5, 0.6) is 0 Å². The third kappa shape index (κ3) is 3.71. The number of rotatable bonds is 4. The molecule has 1 atom stereocenters. The van der Waals surface area contributed by atoms with Crippen LogP contribution in [-0.2, 0) is 28.9 Å². The van der Waals surface area contributed by atoms with Crippen LogP contribution in [0.15, 0.2) is 11.6 Å². The summed E-state index contributed by atoms with van der Waals surface area (Å²) in [6.07, 6.45) is -3.04. The van der Waals surface area contributed by atoms with Crippen molar-refractivity contribution in [2.24, 2.45) is 5.73 Å². The van der Waals surface area contributed by atoms with Crippen LogP contribution in [0.3, 0.4) is 0 Å². The molecular weight excluding hydrogens is 353 g/mol. The maximum atomic E-state index is 12.8. The molecule has 2 aliphatic heterocycles. The van der Waals surface area contributed by atoms with Gasteiger partial charge < -0.3 is 20.1 Å². The second-order valence-electron chi connectivity index (χ2n) is 6.58. The zero-order valence-electron chi connectivity index (χ0n) is 14.2. The normalized spacial score (nSPS) is 18.8. The lowest BCUT2D eigenvalue weighted by Gasteiger charge is -2.29. The fraction of sp³-hybridized carbons (Fsp3) is 0.600. The summed E-state index contributed by atoms with van der Waals surface area (Å²) < 4.78 is 39.5. The number of carbonyl (C=O) groups excluding carboxylic acids is 2. The molecular formula is C15H19F3N6O2. The molecule has 11 heteroatoms. The molecule has 3 heterocycles. The van der Waals surface area contributed by atoms with Crippen molar-refractivity contribution in [3.63, 3.8) is 0 Å². The first-order valence-electron chi connectivity index (χ1n) is 8.14. The third-order valence-electron chi connectivity index (χ3n) is 4.37. The number of halogens is 3. The van der Waals surface area contributed by atoms with E-state index in [-0.39, 0.29) is 50.2 Å². The number of fused-ring (bicyclic) bond motifs is 1. The summed E-state index contributed by atoms with van der Waals surface area (Å²) in [6.45, 7) is 2.65. The van der Waals surface area contributed by atoms with E-state index in [4.69, 9.17) is 5.73 Å². The number of nitrogens with two attached hydrogens (primary N) is 1. The fourth-order valence-corrected chi connectivity index (χ4v) is 3.16. The number of aromatic nitrogens is 3. The maximum Gasteiger partial charge on any atom is 0.451 e. The molecule has 2 aliphatic rings. The molecule has 0 radical (unpaired) electrons. The van der Waals surface area contributed by atoms with Crippen LogP contribution in [0, 0.1) is 0 Å². The van der Waals surface area contributed by atoms with Gasteiger partial charge in [0.15, 0.2) is 5.82 Å². The standard InChI is InChI=1S/C15H19F3N6O2/c1-9-4-12(25)23(6-9)7-10(19)5-13(26)22-2-3-24-11(8-22)20-21-14(24)15(16,17)18/h4,10H,2-3,5-8,19H2,1H3. The van der Waals surface area contributed by atoms with Gasteiger partial charge in [0.2, 0.25) is 17.6 Å². The van der Waals surface area contributed by atoms with Gasteiger partial charge in [-0.15, -0.1) is 10.2 Å². The molecule has 0 bridgehead atoms. The zero-order valence-corrected chi connectivity index (χ0v) is 14.2. The van der Waals surface area contributed by atoms with Crippen molar-refractivity contribution in [1.29, 1.82) is 0 Å². The van der Waals surface area contributed by atoms with Crippen molar-refractivity contribution in [3.8, 4) is 0 Å². The van der Waals surface area contributed by atoms with Gasteiger partial charge in [-0.25, -0.2) is 0 Å². The molecule has 0 saturated heterocycles. The lowest BCUT2D eigenvalue weighted by atomic mass is 10.1. The molecule has 3 rings (SSSR count). The van der Waals surface area contributed by atoms with Crippen LogP contribution < -0.4 is 5.73 Å². The molecule has 1 aromatic heterocycles. The molecule has 0 saturated carbocycles. The highest BCUT2D eigenvalue weighted by molar-refractivity contribution is 5.91. The highest BCUT2D eigenvalue weighted by Gasteiger charge is 2.40. The smallest absolute Gasteiger partial charge is 0.334 e. The summed E-state index contributed by atoms with van der Waals surface area (Å²) in [5.41, 5.74) is 6.91. The van der Waals surface area contributed by atoms with E-state index in [0.717, 1.165) is 10.1 Å². The summed E-state index contributed by atoms with van der Waals surface area (Å²) in [4.78, 5) is 27.1. The number of alkyl halides is 3. The molecule has 1 unspecified atom stereocenters. The summed E-state index contributed by atoms with van der Waals surface area (Å²) in [7, 11) is 0. The monoisotopic (exact) mass is 372 g/mol. The molecule has 1 aromatic rings. The molecule has 0 aliphatic carbocycles. The predicted molar refractivity (Wildman–Crippen MR) is 83.4 cm³/mol. The van der Waals surface area contributed by atoms with Gasteiger partial charge in [0.1, 0.15) is 0 Å². The van der Waals surface area contributed by atoms with Gasteiger partial charge in [0.25, 0.3) is 0 Å². The SMILES string of the molecule is CC1=CC(=O)N(CC(N)CC(=O)N2CCn3c(nnc3C(F)(F)F)C2)C1. The Morgan fingerprint density at radius 2 is 2.04 bits per heavy atom. The van der Waals surface area contributed by atoms with Gasteiger partial charge in [-0.3, -0.25) is 9.59 Å². The largest absolute Gasteiger partial charge is 0.451 e. The molecule has 2 amide bonds. The second-order valence-corrected chi connectivity index (χ2v) is 6.58. The van der Waals surface area contributed by atoms with Crippen LogP contribution in [0.2, 0.25) is 0 Å². The van der Waals surface area contributed by atoms with E-state index in [0.29, 0.717) is 6.54 Å². The van der Waals surface area contributed by atoms with E-state index in [1.165, 1.54) is 11.0 Å². The van der Waals surface area contributed by atoms with Crippen molar-refractivity contribution >= 4 is 11.8 Å². The van der Waals surface area contributed by atoms with E-state index < -0.39 is 18.0 Å². The minimum atomic E-state index is -4.58.